The summed E-state index contributed by atoms with van der Waals surface area (Å²) in [5.74, 6) is 1.92. The molecule has 30 heavy (non-hydrogen) atoms. The smallest absolute Gasteiger partial charge is 0.213 e. The van der Waals surface area contributed by atoms with Crippen LogP contribution in [0, 0.1) is 6.92 Å². The number of hydrogen-bond acceptors (Lipinski definition) is 4. The molecule has 0 saturated carbocycles. The van der Waals surface area contributed by atoms with Crippen LogP contribution in [0.1, 0.15) is 32.5 Å². The van der Waals surface area contributed by atoms with E-state index in [9.17, 15) is 8.42 Å². The van der Waals surface area contributed by atoms with Crippen LogP contribution in [-0.2, 0) is 16.6 Å². The number of hydrogen-bond donors (Lipinski definition) is 2. The number of aliphatic imine (C=N–C) groups is 1. The van der Waals surface area contributed by atoms with Crippen molar-refractivity contribution in [3.8, 4) is 0 Å². The summed E-state index contributed by atoms with van der Waals surface area (Å²) in [7, 11) is -1.49. The minimum Gasteiger partial charge on any atom is -0.357 e. The zero-order chi connectivity index (χ0) is 21.3. The molecule has 0 aliphatic heterocycles. The quantitative estimate of drug-likeness (QED) is 0.194. The highest BCUT2D eigenvalue weighted by Gasteiger charge is 2.14. The van der Waals surface area contributed by atoms with Gasteiger partial charge in [-0.2, -0.15) is 0 Å². The van der Waals surface area contributed by atoms with Gasteiger partial charge in [0.25, 0.3) is 0 Å². The van der Waals surface area contributed by atoms with Crippen LogP contribution < -0.4 is 10.6 Å². The van der Waals surface area contributed by atoms with Crippen molar-refractivity contribution in [3.05, 3.63) is 30.1 Å². The van der Waals surface area contributed by atoms with E-state index in [0.29, 0.717) is 19.6 Å². The van der Waals surface area contributed by atoms with Crippen molar-refractivity contribution in [1.29, 1.82) is 0 Å². The number of aryl methyl sites for hydroxylation is 2. The van der Waals surface area contributed by atoms with Crippen LogP contribution in [0.3, 0.4) is 0 Å². The minimum atomic E-state index is -3.12. The number of rotatable bonds is 11. The second kappa shape index (κ2) is 13.1. The second-order valence-electron chi connectivity index (χ2n) is 6.92. The molecule has 0 saturated heterocycles. The SMILES string of the molecule is CCNC(=NCCCn1c(C)nc2ccccc21)NCCCN(C)S(=O)(=O)CC.I. The zero-order valence-corrected chi connectivity index (χ0v) is 21.5. The van der Waals surface area contributed by atoms with E-state index in [2.05, 4.69) is 31.2 Å². The number of fused-ring (bicyclic) bond motifs is 1. The molecule has 0 atom stereocenters. The Balaban J connectivity index is 0.00000450. The number of nitrogens with zero attached hydrogens (tertiary/aromatic N) is 4. The van der Waals surface area contributed by atoms with Gasteiger partial charge in [0.15, 0.2) is 5.96 Å². The van der Waals surface area contributed by atoms with Crippen molar-refractivity contribution in [1.82, 2.24) is 24.5 Å². The average Bonchev–Trinajstić information content (AvgIpc) is 3.03. The second-order valence-corrected chi connectivity index (χ2v) is 9.28. The fourth-order valence-electron chi connectivity index (χ4n) is 3.11. The van der Waals surface area contributed by atoms with E-state index in [1.54, 1.807) is 14.0 Å². The summed E-state index contributed by atoms with van der Waals surface area (Å²) < 4.78 is 27.2. The maximum Gasteiger partial charge on any atom is 0.213 e. The molecule has 2 rings (SSSR count). The molecular formula is C20H35IN6O2S. The maximum atomic E-state index is 11.8. The van der Waals surface area contributed by atoms with Crippen molar-refractivity contribution >= 4 is 51.0 Å². The molecule has 1 heterocycles. The molecule has 2 N–H and O–H groups in total. The lowest BCUT2D eigenvalue weighted by molar-refractivity contribution is 0.461. The van der Waals surface area contributed by atoms with E-state index in [4.69, 9.17) is 0 Å². The van der Waals surface area contributed by atoms with Gasteiger partial charge in [-0.05, 0) is 45.7 Å². The van der Waals surface area contributed by atoms with Crippen molar-refractivity contribution in [2.75, 3.05) is 39.0 Å². The summed E-state index contributed by atoms with van der Waals surface area (Å²) in [6, 6.07) is 8.18. The standard InChI is InChI=1S/C20H34N6O2S.HI/c1-5-21-20(22-13-9-15-25(4)29(27,28)6-2)23-14-10-16-26-17(3)24-18-11-7-8-12-19(18)26;/h7-8,11-12H,5-6,9-10,13-16H2,1-4H3,(H2,21,22,23);1H. The normalized spacial score (nSPS) is 12.2. The van der Waals surface area contributed by atoms with Gasteiger partial charge in [0, 0.05) is 39.8 Å². The third kappa shape index (κ3) is 7.69. The minimum absolute atomic E-state index is 0. The van der Waals surface area contributed by atoms with E-state index < -0.39 is 10.0 Å². The monoisotopic (exact) mass is 550 g/mol. The van der Waals surface area contributed by atoms with Gasteiger partial charge < -0.3 is 15.2 Å². The van der Waals surface area contributed by atoms with Crippen LogP contribution in [0.4, 0.5) is 0 Å². The Labute approximate surface area is 197 Å². The molecule has 0 spiro atoms. The summed E-state index contributed by atoms with van der Waals surface area (Å²) >= 11 is 0. The number of imidazole rings is 1. The van der Waals surface area contributed by atoms with Gasteiger partial charge in [-0.1, -0.05) is 12.1 Å². The zero-order valence-electron chi connectivity index (χ0n) is 18.4. The first kappa shape index (κ1) is 26.6. The van der Waals surface area contributed by atoms with Crippen LogP contribution in [-0.4, -0.2) is 67.2 Å². The average molecular weight is 551 g/mol. The molecule has 0 bridgehead atoms. The number of benzene rings is 1. The molecule has 2 aromatic rings. The van der Waals surface area contributed by atoms with Crippen molar-refractivity contribution in [2.45, 2.75) is 40.2 Å². The first-order valence-corrected chi connectivity index (χ1v) is 11.9. The molecule has 0 unspecified atom stereocenters. The lowest BCUT2D eigenvalue weighted by Crippen LogP contribution is -2.39. The lowest BCUT2D eigenvalue weighted by atomic mass is 10.3. The number of para-hydroxylation sites is 2. The van der Waals surface area contributed by atoms with Gasteiger partial charge >= 0.3 is 0 Å². The van der Waals surface area contributed by atoms with Crippen molar-refractivity contribution in [2.24, 2.45) is 4.99 Å². The highest BCUT2D eigenvalue weighted by Crippen LogP contribution is 2.15. The molecule has 0 amide bonds. The Morgan fingerprint density at radius 2 is 1.93 bits per heavy atom. The molecular weight excluding hydrogens is 515 g/mol. The van der Waals surface area contributed by atoms with E-state index >= 15 is 0 Å². The van der Waals surface area contributed by atoms with Gasteiger partial charge in [0.1, 0.15) is 5.82 Å². The molecule has 10 heteroatoms. The fraction of sp³-hybridized carbons (Fsp3) is 0.600. The Bertz CT molecular complexity index is 913. The Hall–Kier alpha value is -1.40. The van der Waals surface area contributed by atoms with Gasteiger partial charge in [-0.3, -0.25) is 4.99 Å². The predicted octanol–water partition coefficient (Wildman–Crippen LogP) is 2.58. The molecule has 0 aliphatic carbocycles. The number of nitrogens with one attached hydrogen (secondary N) is 2. The molecule has 170 valence electrons. The predicted molar refractivity (Wildman–Crippen MR) is 135 cm³/mol. The molecule has 1 aromatic heterocycles. The summed E-state index contributed by atoms with van der Waals surface area (Å²) in [6.45, 7) is 9.23. The number of halogens is 1. The summed E-state index contributed by atoms with van der Waals surface area (Å²) in [4.78, 5) is 9.23. The molecule has 0 radical (unpaired) electrons. The van der Waals surface area contributed by atoms with Crippen LogP contribution in [0.2, 0.25) is 0 Å². The molecule has 0 aliphatic rings. The highest BCUT2D eigenvalue weighted by atomic mass is 127. The fourth-order valence-corrected chi connectivity index (χ4v) is 3.96. The Morgan fingerprint density at radius 1 is 1.20 bits per heavy atom. The van der Waals surface area contributed by atoms with Crippen LogP contribution >= 0.6 is 24.0 Å². The van der Waals surface area contributed by atoms with E-state index in [1.807, 2.05) is 32.0 Å². The maximum absolute atomic E-state index is 11.8. The van der Waals surface area contributed by atoms with Gasteiger partial charge in [-0.25, -0.2) is 17.7 Å². The number of sulfonamides is 1. The van der Waals surface area contributed by atoms with E-state index in [-0.39, 0.29) is 29.7 Å². The summed E-state index contributed by atoms with van der Waals surface area (Å²) in [5, 5.41) is 6.51. The van der Waals surface area contributed by atoms with E-state index in [0.717, 1.165) is 48.7 Å². The van der Waals surface area contributed by atoms with Crippen LogP contribution in [0.15, 0.2) is 29.3 Å². The van der Waals surface area contributed by atoms with Gasteiger partial charge in [-0.15, -0.1) is 24.0 Å². The van der Waals surface area contributed by atoms with E-state index in [1.165, 1.54) is 4.31 Å². The lowest BCUT2D eigenvalue weighted by Gasteiger charge is -2.16. The van der Waals surface area contributed by atoms with Gasteiger partial charge in [0.05, 0.1) is 16.8 Å². The van der Waals surface area contributed by atoms with Crippen LogP contribution in [0.25, 0.3) is 11.0 Å². The number of guanidine groups is 1. The first-order chi connectivity index (χ1) is 13.9. The largest absolute Gasteiger partial charge is 0.357 e. The third-order valence-corrected chi connectivity index (χ3v) is 6.64. The van der Waals surface area contributed by atoms with Crippen molar-refractivity contribution in [3.63, 3.8) is 0 Å². The molecule has 1 aromatic carbocycles. The Morgan fingerprint density at radius 3 is 2.63 bits per heavy atom. The third-order valence-electron chi connectivity index (χ3n) is 4.78. The summed E-state index contributed by atoms with van der Waals surface area (Å²) in [6.07, 6.45) is 1.63. The number of aromatic nitrogens is 2. The van der Waals surface area contributed by atoms with Gasteiger partial charge in [0.2, 0.25) is 10.0 Å². The van der Waals surface area contributed by atoms with Crippen molar-refractivity contribution < 1.29 is 8.42 Å². The molecule has 8 nitrogen and oxygen atoms in total. The topological polar surface area (TPSA) is 91.6 Å². The first-order valence-electron chi connectivity index (χ1n) is 10.3. The molecule has 0 fully saturated rings. The van der Waals surface area contributed by atoms with Crippen LogP contribution in [0.5, 0.6) is 0 Å². The Kier molecular flexibility index (Phi) is 11.6. The highest BCUT2D eigenvalue weighted by molar-refractivity contribution is 14.0. The summed E-state index contributed by atoms with van der Waals surface area (Å²) in [5.41, 5.74) is 2.18.